The molecule has 0 amide bonds. The number of ether oxygens (including phenoxy) is 3. The molecule has 0 aliphatic rings. The lowest BCUT2D eigenvalue weighted by atomic mass is 10.0. The maximum atomic E-state index is 12.8. The van der Waals surface area contributed by atoms with Gasteiger partial charge in [-0.2, -0.15) is 0 Å². The number of carbonyl (C=O) groups is 1. The van der Waals surface area contributed by atoms with Crippen molar-refractivity contribution >= 4 is 21.9 Å². The molecule has 0 bridgehead atoms. The quantitative estimate of drug-likeness (QED) is 0.466. The fourth-order valence-electron chi connectivity index (χ4n) is 2.35. The molecule has 0 spiro atoms. The van der Waals surface area contributed by atoms with E-state index in [4.69, 9.17) is 18.7 Å². The molecule has 2 aromatic carbocycles. The van der Waals surface area contributed by atoms with Crippen molar-refractivity contribution in [1.82, 2.24) is 5.16 Å². The first-order chi connectivity index (χ1) is 12.2. The summed E-state index contributed by atoms with van der Waals surface area (Å²) >= 11 is 3.42. The molecule has 0 atom stereocenters. The average Bonchev–Trinajstić information content (AvgIpc) is 3.16. The van der Waals surface area contributed by atoms with Crippen LogP contribution in [-0.4, -0.2) is 25.3 Å². The van der Waals surface area contributed by atoms with Crippen molar-refractivity contribution in [2.45, 2.75) is 0 Å². The first kappa shape index (κ1) is 17.0. The number of halogens is 1. The molecule has 3 rings (SSSR count). The van der Waals surface area contributed by atoms with Gasteiger partial charge < -0.3 is 18.7 Å². The number of hydrogen-bond acceptors (Lipinski definition) is 6. The highest BCUT2D eigenvalue weighted by Crippen LogP contribution is 2.43. The molecule has 0 saturated heterocycles. The summed E-state index contributed by atoms with van der Waals surface area (Å²) in [5, 5.41) is 3.70. The van der Waals surface area contributed by atoms with E-state index in [9.17, 15) is 4.79 Å². The molecule has 25 heavy (non-hydrogen) atoms. The SMILES string of the molecule is COc1cc(-c2ccno2)c(C(=O)Oc2ccccc2)c(Br)c1OC. The smallest absolute Gasteiger partial charge is 0.345 e. The van der Waals surface area contributed by atoms with E-state index in [1.807, 2.05) is 6.07 Å². The minimum atomic E-state index is -0.564. The summed E-state index contributed by atoms with van der Waals surface area (Å²) in [5.41, 5.74) is 0.723. The topological polar surface area (TPSA) is 70.8 Å². The van der Waals surface area contributed by atoms with E-state index in [0.717, 1.165) is 0 Å². The first-order valence-electron chi connectivity index (χ1n) is 7.28. The van der Waals surface area contributed by atoms with E-state index in [1.54, 1.807) is 36.4 Å². The van der Waals surface area contributed by atoms with Crippen molar-refractivity contribution in [1.29, 1.82) is 0 Å². The maximum Gasteiger partial charge on any atom is 0.345 e. The molecule has 0 aliphatic carbocycles. The average molecular weight is 404 g/mol. The third kappa shape index (κ3) is 3.36. The zero-order chi connectivity index (χ0) is 17.8. The van der Waals surface area contributed by atoms with Gasteiger partial charge >= 0.3 is 5.97 Å². The van der Waals surface area contributed by atoms with Crippen molar-refractivity contribution in [3.63, 3.8) is 0 Å². The van der Waals surface area contributed by atoms with Gasteiger partial charge in [-0.25, -0.2) is 4.79 Å². The van der Waals surface area contributed by atoms with Gasteiger partial charge in [0.05, 0.1) is 30.5 Å². The number of rotatable bonds is 5. The molecule has 6 nitrogen and oxygen atoms in total. The van der Waals surface area contributed by atoms with Gasteiger partial charge in [-0.1, -0.05) is 23.4 Å². The molecule has 3 aromatic rings. The highest BCUT2D eigenvalue weighted by Gasteiger charge is 2.26. The number of nitrogens with zero attached hydrogens (tertiary/aromatic N) is 1. The van der Waals surface area contributed by atoms with E-state index < -0.39 is 5.97 Å². The van der Waals surface area contributed by atoms with Crippen LogP contribution in [0.25, 0.3) is 11.3 Å². The maximum absolute atomic E-state index is 12.8. The van der Waals surface area contributed by atoms with E-state index >= 15 is 0 Å². The molecule has 0 fully saturated rings. The second-order valence-corrected chi connectivity index (χ2v) is 5.72. The van der Waals surface area contributed by atoms with Crippen LogP contribution in [-0.2, 0) is 0 Å². The Kier molecular flexibility index (Phi) is 5.04. The van der Waals surface area contributed by atoms with Crippen LogP contribution in [0.15, 0.2) is 57.7 Å². The summed E-state index contributed by atoms with van der Waals surface area (Å²) in [4.78, 5) is 12.8. The fraction of sp³-hybridized carbons (Fsp3) is 0.111. The summed E-state index contributed by atoms with van der Waals surface area (Å²) in [5.74, 6) is 1.09. The lowest BCUT2D eigenvalue weighted by Crippen LogP contribution is -2.12. The van der Waals surface area contributed by atoms with Gasteiger partial charge in [-0.3, -0.25) is 0 Å². The standard InChI is InChI=1S/C18H14BrNO5/c1-22-14-10-12(13-8-9-20-25-13)15(16(19)17(14)23-2)18(21)24-11-6-4-3-5-7-11/h3-10H,1-2H3. The molecule has 128 valence electrons. The fourth-order valence-corrected chi connectivity index (χ4v) is 3.08. The monoisotopic (exact) mass is 403 g/mol. The van der Waals surface area contributed by atoms with Gasteiger partial charge in [-0.05, 0) is 34.1 Å². The predicted molar refractivity (Wildman–Crippen MR) is 94.1 cm³/mol. The summed E-state index contributed by atoms with van der Waals surface area (Å²) < 4.78 is 21.8. The minimum Gasteiger partial charge on any atom is -0.493 e. The molecule has 7 heteroatoms. The molecule has 1 heterocycles. The highest BCUT2D eigenvalue weighted by atomic mass is 79.9. The Balaban J connectivity index is 2.14. The predicted octanol–water partition coefficient (Wildman–Crippen LogP) is 4.34. The van der Waals surface area contributed by atoms with Crippen LogP contribution in [0.1, 0.15) is 10.4 Å². The Labute approximate surface area is 152 Å². The highest BCUT2D eigenvalue weighted by molar-refractivity contribution is 9.10. The van der Waals surface area contributed by atoms with Gasteiger partial charge in [0, 0.05) is 11.6 Å². The molecular formula is C18H14BrNO5. The summed E-state index contributed by atoms with van der Waals surface area (Å²) in [6.45, 7) is 0. The zero-order valence-electron chi connectivity index (χ0n) is 13.5. The Bertz CT molecular complexity index is 878. The number of benzene rings is 2. The Morgan fingerprint density at radius 3 is 2.48 bits per heavy atom. The summed E-state index contributed by atoms with van der Waals surface area (Å²) in [6.07, 6.45) is 1.49. The van der Waals surface area contributed by atoms with E-state index in [2.05, 4.69) is 21.1 Å². The third-order valence-electron chi connectivity index (χ3n) is 3.47. The van der Waals surface area contributed by atoms with Crippen LogP contribution in [0.3, 0.4) is 0 Å². The Morgan fingerprint density at radius 2 is 1.88 bits per heavy atom. The number of para-hydroxylation sites is 1. The number of methoxy groups -OCH3 is 2. The van der Waals surface area contributed by atoms with Crippen molar-refractivity contribution in [2.24, 2.45) is 0 Å². The minimum absolute atomic E-state index is 0.248. The molecule has 1 aromatic heterocycles. The van der Waals surface area contributed by atoms with Crippen LogP contribution in [0, 0.1) is 0 Å². The van der Waals surface area contributed by atoms with Crippen LogP contribution in [0.2, 0.25) is 0 Å². The molecule has 0 N–H and O–H groups in total. The van der Waals surface area contributed by atoms with Gasteiger partial charge in [-0.15, -0.1) is 0 Å². The van der Waals surface area contributed by atoms with E-state index in [0.29, 0.717) is 33.0 Å². The third-order valence-corrected chi connectivity index (χ3v) is 4.23. The van der Waals surface area contributed by atoms with Crippen LogP contribution in [0.5, 0.6) is 17.2 Å². The van der Waals surface area contributed by atoms with E-state index in [1.165, 1.54) is 20.4 Å². The Morgan fingerprint density at radius 1 is 1.12 bits per heavy atom. The second-order valence-electron chi connectivity index (χ2n) is 4.93. The molecule has 0 unspecified atom stereocenters. The zero-order valence-corrected chi connectivity index (χ0v) is 15.1. The molecule has 0 aliphatic heterocycles. The number of carbonyl (C=O) groups excluding carboxylic acids is 1. The number of aromatic nitrogens is 1. The van der Waals surface area contributed by atoms with Crippen molar-refractivity contribution in [2.75, 3.05) is 14.2 Å². The summed E-state index contributed by atoms with van der Waals surface area (Å²) in [6, 6.07) is 12.1. The van der Waals surface area contributed by atoms with Crippen LogP contribution >= 0.6 is 15.9 Å². The van der Waals surface area contributed by atoms with Crippen LogP contribution in [0.4, 0.5) is 0 Å². The van der Waals surface area contributed by atoms with Crippen molar-refractivity contribution in [3.05, 3.63) is 58.7 Å². The van der Waals surface area contributed by atoms with Gasteiger partial charge in [0.1, 0.15) is 5.75 Å². The Hall–Kier alpha value is -2.80. The van der Waals surface area contributed by atoms with Crippen LogP contribution < -0.4 is 14.2 Å². The van der Waals surface area contributed by atoms with Gasteiger partial charge in [0.2, 0.25) is 0 Å². The number of esters is 1. The van der Waals surface area contributed by atoms with Crippen molar-refractivity contribution < 1.29 is 23.5 Å². The largest absolute Gasteiger partial charge is 0.493 e. The summed E-state index contributed by atoms with van der Waals surface area (Å²) in [7, 11) is 3.00. The van der Waals surface area contributed by atoms with Gasteiger partial charge in [0.25, 0.3) is 0 Å². The molecule has 0 saturated carbocycles. The lowest BCUT2D eigenvalue weighted by molar-refractivity contribution is 0.0734. The van der Waals surface area contributed by atoms with Gasteiger partial charge in [0.15, 0.2) is 17.3 Å². The number of hydrogen-bond donors (Lipinski definition) is 0. The molecular weight excluding hydrogens is 390 g/mol. The molecule has 0 radical (unpaired) electrons. The second kappa shape index (κ2) is 7.40. The van der Waals surface area contributed by atoms with Crippen molar-refractivity contribution in [3.8, 4) is 28.6 Å². The lowest BCUT2D eigenvalue weighted by Gasteiger charge is -2.16. The normalized spacial score (nSPS) is 10.4. The first-order valence-corrected chi connectivity index (χ1v) is 8.07. The van der Waals surface area contributed by atoms with E-state index in [-0.39, 0.29) is 5.56 Å².